The number of hydrogen-bond acceptors (Lipinski definition) is 5. The summed E-state index contributed by atoms with van der Waals surface area (Å²) in [4.78, 5) is 18.9. The van der Waals surface area contributed by atoms with E-state index in [1.165, 1.54) is 0 Å². The average Bonchev–Trinajstić information content (AvgIpc) is 2.75. The summed E-state index contributed by atoms with van der Waals surface area (Å²) in [5, 5.41) is 2.39. The first kappa shape index (κ1) is 27.7. The van der Waals surface area contributed by atoms with Crippen molar-refractivity contribution in [3.05, 3.63) is 29.8 Å². The molecule has 1 fully saturated rings. The SMILES string of the molecule is CCN(CC)CCNC(=O)N1CCCC(S(=O)(=O)c2ccc(CCN(C)C)cc2)C1.Cl. The van der Waals surface area contributed by atoms with E-state index in [9.17, 15) is 13.2 Å². The quantitative estimate of drug-likeness (QED) is 0.564. The number of carbonyl (C=O) groups excluding carboxylic acids is 1. The molecule has 0 saturated carbocycles. The molecular weight excluding hydrogens is 436 g/mol. The Labute approximate surface area is 194 Å². The van der Waals surface area contributed by atoms with E-state index in [0.29, 0.717) is 30.8 Å². The van der Waals surface area contributed by atoms with Gasteiger partial charge in [-0.1, -0.05) is 26.0 Å². The topological polar surface area (TPSA) is 73.0 Å². The van der Waals surface area contributed by atoms with Gasteiger partial charge in [-0.15, -0.1) is 12.4 Å². The average molecular weight is 475 g/mol. The molecule has 178 valence electrons. The number of sulfone groups is 1. The summed E-state index contributed by atoms with van der Waals surface area (Å²) in [6.45, 7) is 9.24. The van der Waals surface area contributed by atoms with Gasteiger partial charge in [0.15, 0.2) is 9.84 Å². The Morgan fingerprint density at radius 1 is 1.13 bits per heavy atom. The van der Waals surface area contributed by atoms with Crippen LogP contribution in [0.15, 0.2) is 29.2 Å². The maximum Gasteiger partial charge on any atom is 0.317 e. The standard InChI is InChI=1S/C22H38N4O3S.ClH/c1-5-25(6-2)17-14-23-22(27)26-15-7-8-21(18-26)30(28,29)20-11-9-19(10-12-20)13-16-24(3)4;/h9-12,21H,5-8,13-18H2,1-4H3,(H,23,27);1H. The lowest BCUT2D eigenvalue weighted by Crippen LogP contribution is -2.50. The van der Waals surface area contributed by atoms with Gasteiger partial charge in [-0.25, -0.2) is 13.2 Å². The first-order valence-electron chi connectivity index (χ1n) is 11.0. The van der Waals surface area contributed by atoms with Gasteiger partial charge in [-0.3, -0.25) is 0 Å². The lowest BCUT2D eigenvalue weighted by Gasteiger charge is -2.32. The number of carbonyl (C=O) groups is 1. The highest BCUT2D eigenvalue weighted by atomic mass is 35.5. The molecule has 0 bridgehead atoms. The molecule has 0 radical (unpaired) electrons. The number of nitrogens with zero attached hydrogens (tertiary/aromatic N) is 3. The van der Waals surface area contributed by atoms with Gasteiger partial charge in [-0.05, 0) is 64.1 Å². The van der Waals surface area contributed by atoms with E-state index >= 15 is 0 Å². The first-order chi connectivity index (χ1) is 14.3. The van der Waals surface area contributed by atoms with Crippen LogP contribution in [0, 0.1) is 0 Å². The number of likely N-dealkylation sites (tertiary alicyclic amines) is 1. The summed E-state index contributed by atoms with van der Waals surface area (Å²) in [6, 6.07) is 7.06. The minimum atomic E-state index is -3.46. The first-order valence-corrected chi connectivity index (χ1v) is 12.5. The van der Waals surface area contributed by atoms with Crippen LogP contribution in [-0.4, -0.2) is 94.3 Å². The van der Waals surface area contributed by atoms with Gasteiger partial charge < -0.3 is 20.0 Å². The molecule has 31 heavy (non-hydrogen) atoms. The third-order valence-corrected chi connectivity index (χ3v) is 7.99. The van der Waals surface area contributed by atoms with Crippen molar-refractivity contribution in [2.75, 3.05) is 59.9 Å². The van der Waals surface area contributed by atoms with Crippen molar-refractivity contribution >= 4 is 28.3 Å². The second-order valence-corrected chi connectivity index (χ2v) is 10.4. The highest BCUT2D eigenvalue weighted by Crippen LogP contribution is 2.24. The van der Waals surface area contributed by atoms with E-state index in [2.05, 4.69) is 29.0 Å². The van der Waals surface area contributed by atoms with Crippen LogP contribution in [0.4, 0.5) is 4.79 Å². The van der Waals surface area contributed by atoms with E-state index in [1.54, 1.807) is 17.0 Å². The highest BCUT2D eigenvalue weighted by molar-refractivity contribution is 7.92. The van der Waals surface area contributed by atoms with Gasteiger partial charge in [0.25, 0.3) is 0 Å². The molecule has 1 aromatic carbocycles. The molecule has 0 aliphatic carbocycles. The van der Waals surface area contributed by atoms with Crippen LogP contribution in [-0.2, 0) is 16.3 Å². The Morgan fingerprint density at radius 3 is 2.35 bits per heavy atom. The Balaban J connectivity index is 0.00000480. The number of halogens is 1. The van der Waals surface area contributed by atoms with Gasteiger partial charge in [0.2, 0.25) is 0 Å². The van der Waals surface area contributed by atoms with Crippen molar-refractivity contribution < 1.29 is 13.2 Å². The van der Waals surface area contributed by atoms with Gasteiger partial charge in [-0.2, -0.15) is 0 Å². The third kappa shape index (κ3) is 8.25. The smallest absolute Gasteiger partial charge is 0.317 e. The molecule has 1 heterocycles. The summed E-state index contributed by atoms with van der Waals surface area (Å²) in [6.07, 6.45) is 2.18. The predicted molar refractivity (Wildman–Crippen MR) is 129 cm³/mol. The molecule has 0 aromatic heterocycles. The lowest BCUT2D eigenvalue weighted by atomic mass is 10.1. The van der Waals surface area contributed by atoms with Crippen LogP contribution in [0.1, 0.15) is 32.3 Å². The molecule has 1 atom stereocenters. The Morgan fingerprint density at radius 2 is 1.77 bits per heavy atom. The highest BCUT2D eigenvalue weighted by Gasteiger charge is 2.33. The molecule has 1 aromatic rings. The van der Waals surface area contributed by atoms with Gasteiger partial charge >= 0.3 is 6.03 Å². The zero-order valence-corrected chi connectivity index (χ0v) is 21.0. The Bertz CT molecular complexity index is 767. The maximum atomic E-state index is 13.1. The molecule has 9 heteroatoms. The van der Waals surface area contributed by atoms with Crippen LogP contribution >= 0.6 is 12.4 Å². The van der Waals surface area contributed by atoms with Crippen molar-refractivity contribution in [2.45, 2.75) is 43.3 Å². The molecule has 1 N–H and O–H groups in total. The number of rotatable bonds is 10. The number of likely N-dealkylation sites (N-methyl/N-ethyl adjacent to an activating group) is 2. The van der Waals surface area contributed by atoms with Crippen LogP contribution in [0.2, 0.25) is 0 Å². The normalized spacial score (nSPS) is 17.0. The predicted octanol–water partition coefficient (Wildman–Crippen LogP) is 2.50. The number of benzene rings is 1. The fraction of sp³-hybridized carbons (Fsp3) is 0.682. The molecule has 1 aliphatic rings. The zero-order chi connectivity index (χ0) is 22.1. The number of nitrogens with one attached hydrogen (secondary N) is 1. The summed E-state index contributed by atoms with van der Waals surface area (Å²) < 4.78 is 26.3. The largest absolute Gasteiger partial charge is 0.337 e. The molecule has 1 aliphatic heterocycles. The fourth-order valence-corrected chi connectivity index (χ4v) is 5.49. The van der Waals surface area contributed by atoms with Crippen LogP contribution in [0.3, 0.4) is 0 Å². The third-order valence-electron chi connectivity index (χ3n) is 5.80. The van der Waals surface area contributed by atoms with Crippen LogP contribution in [0.5, 0.6) is 0 Å². The number of piperidine rings is 1. The van der Waals surface area contributed by atoms with Crippen molar-refractivity contribution in [2.24, 2.45) is 0 Å². The molecule has 2 amide bonds. The van der Waals surface area contributed by atoms with Gasteiger partial charge in [0, 0.05) is 32.7 Å². The molecule has 7 nitrogen and oxygen atoms in total. The number of urea groups is 1. The second kappa shape index (κ2) is 13.3. The maximum absolute atomic E-state index is 13.1. The molecule has 1 unspecified atom stereocenters. The molecule has 1 saturated heterocycles. The summed E-state index contributed by atoms with van der Waals surface area (Å²) in [7, 11) is 0.584. The van der Waals surface area contributed by atoms with Crippen LogP contribution in [0.25, 0.3) is 0 Å². The second-order valence-electron chi connectivity index (χ2n) is 8.21. The van der Waals surface area contributed by atoms with E-state index in [4.69, 9.17) is 0 Å². The van der Waals surface area contributed by atoms with E-state index < -0.39 is 15.1 Å². The summed E-state index contributed by atoms with van der Waals surface area (Å²) >= 11 is 0. The minimum absolute atomic E-state index is 0. The van der Waals surface area contributed by atoms with Crippen molar-refractivity contribution in [1.29, 1.82) is 0 Å². The van der Waals surface area contributed by atoms with Crippen molar-refractivity contribution in [3.63, 3.8) is 0 Å². The van der Waals surface area contributed by atoms with Gasteiger partial charge in [0.1, 0.15) is 0 Å². The molecule has 2 rings (SSSR count). The van der Waals surface area contributed by atoms with Gasteiger partial charge in [0.05, 0.1) is 10.1 Å². The van der Waals surface area contributed by atoms with Crippen molar-refractivity contribution in [1.82, 2.24) is 20.0 Å². The van der Waals surface area contributed by atoms with E-state index in [-0.39, 0.29) is 25.0 Å². The summed E-state index contributed by atoms with van der Waals surface area (Å²) in [5.74, 6) is 0. The van der Waals surface area contributed by atoms with E-state index in [1.807, 2.05) is 26.2 Å². The van der Waals surface area contributed by atoms with E-state index in [0.717, 1.165) is 38.2 Å². The fourth-order valence-electron chi connectivity index (χ4n) is 3.74. The lowest BCUT2D eigenvalue weighted by molar-refractivity contribution is 0.185. The zero-order valence-electron chi connectivity index (χ0n) is 19.3. The number of amides is 2. The minimum Gasteiger partial charge on any atom is -0.337 e. The number of hydrogen-bond donors (Lipinski definition) is 1. The molecule has 0 spiro atoms. The molecular formula is C22H39ClN4O3S. The summed E-state index contributed by atoms with van der Waals surface area (Å²) in [5.41, 5.74) is 1.13. The Kier molecular flexibility index (Phi) is 11.8. The van der Waals surface area contributed by atoms with Crippen molar-refractivity contribution in [3.8, 4) is 0 Å². The van der Waals surface area contributed by atoms with Crippen LogP contribution < -0.4 is 5.32 Å². The Hall–Kier alpha value is -1.35. The monoisotopic (exact) mass is 474 g/mol.